The number of carboxylic acids is 1. The number of aromatic carboxylic acids is 1. The highest BCUT2D eigenvalue weighted by atomic mass is 35.5. The van der Waals surface area contributed by atoms with Crippen LogP contribution in [0.1, 0.15) is 15.9 Å². The van der Waals surface area contributed by atoms with Gasteiger partial charge in [-0.15, -0.1) is 0 Å². The fourth-order valence-corrected chi connectivity index (χ4v) is 3.39. The summed E-state index contributed by atoms with van der Waals surface area (Å²) in [6.45, 7) is 0. The van der Waals surface area contributed by atoms with Crippen molar-refractivity contribution in [1.29, 1.82) is 0 Å². The topological polar surface area (TPSA) is 71.4 Å². The van der Waals surface area contributed by atoms with Gasteiger partial charge in [-0.2, -0.15) is 0 Å². The Morgan fingerprint density at radius 3 is 2.38 bits per heavy atom. The summed E-state index contributed by atoms with van der Waals surface area (Å²) in [6, 6.07) is 13.0. The number of sulfone groups is 1. The lowest BCUT2D eigenvalue weighted by molar-refractivity contribution is 0.0697. The quantitative estimate of drug-likeness (QED) is 0.917. The molecule has 6 heteroatoms. The van der Waals surface area contributed by atoms with Crippen LogP contribution in [-0.4, -0.2) is 25.2 Å². The van der Waals surface area contributed by atoms with Crippen LogP contribution in [0, 0.1) is 0 Å². The van der Waals surface area contributed by atoms with E-state index in [0.717, 1.165) is 11.6 Å². The van der Waals surface area contributed by atoms with Crippen LogP contribution in [0.5, 0.6) is 0 Å². The van der Waals surface area contributed by atoms with Crippen LogP contribution in [0.4, 0.5) is 0 Å². The summed E-state index contributed by atoms with van der Waals surface area (Å²) in [7, 11) is -3.55. The average molecular weight is 325 g/mol. The van der Waals surface area contributed by atoms with Crippen molar-refractivity contribution >= 4 is 27.4 Å². The van der Waals surface area contributed by atoms with Gasteiger partial charge in [0.2, 0.25) is 0 Å². The molecule has 0 aliphatic rings. The van der Waals surface area contributed by atoms with Crippen LogP contribution in [0.2, 0.25) is 5.02 Å². The molecule has 4 nitrogen and oxygen atoms in total. The molecule has 0 radical (unpaired) electrons. The van der Waals surface area contributed by atoms with E-state index in [1.54, 1.807) is 0 Å². The number of hydrogen-bond donors (Lipinski definition) is 1. The highest BCUT2D eigenvalue weighted by molar-refractivity contribution is 7.91. The molecule has 0 unspecified atom stereocenters. The minimum Gasteiger partial charge on any atom is -0.478 e. The molecule has 2 rings (SSSR count). The zero-order chi connectivity index (χ0) is 15.5. The minimum atomic E-state index is -3.55. The van der Waals surface area contributed by atoms with Crippen LogP contribution in [0.3, 0.4) is 0 Å². The Bertz CT molecular complexity index is 754. The van der Waals surface area contributed by atoms with Gasteiger partial charge in [-0.3, -0.25) is 0 Å². The van der Waals surface area contributed by atoms with Crippen LogP contribution < -0.4 is 0 Å². The molecule has 110 valence electrons. The van der Waals surface area contributed by atoms with E-state index in [2.05, 4.69) is 0 Å². The molecule has 21 heavy (non-hydrogen) atoms. The number of carboxylic acid groups (broad SMARTS) is 1. The molecule has 0 saturated heterocycles. The molecule has 0 aliphatic carbocycles. The molecule has 0 bridgehead atoms. The highest BCUT2D eigenvalue weighted by Gasteiger charge is 2.18. The minimum absolute atomic E-state index is 0.0181. The zero-order valence-corrected chi connectivity index (χ0v) is 12.6. The summed E-state index contributed by atoms with van der Waals surface area (Å²) in [5.74, 6) is -1.34. The Labute approximate surface area is 127 Å². The van der Waals surface area contributed by atoms with Gasteiger partial charge in [0, 0.05) is 0 Å². The fraction of sp³-hybridized carbons (Fsp3) is 0.133. The molecule has 0 fully saturated rings. The van der Waals surface area contributed by atoms with E-state index >= 15 is 0 Å². The lowest BCUT2D eigenvalue weighted by Crippen LogP contribution is -2.10. The lowest BCUT2D eigenvalue weighted by Gasteiger charge is -2.07. The van der Waals surface area contributed by atoms with Gasteiger partial charge >= 0.3 is 5.97 Å². The third-order valence-corrected chi connectivity index (χ3v) is 5.07. The van der Waals surface area contributed by atoms with Gasteiger partial charge in [-0.25, -0.2) is 13.2 Å². The summed E-state index contributed by atoms with van der Waals surface area (Å²) in [4.78, 5) is 11.0. The number of aryl methyl sites for hydroxylation is 1. The standard InChI is InChI=1S/C15H13ClO4S/c16-14-7-6-12(10-13(14)15(17)18)21(19,20)9-8-11-4-2-1-3-5-11/h1-7,10H,8-9H2,(H,17,18). The van der Waals surface area contributed by atoms with E-state index in [1.165, 1.54) is 12.1 Å². The van der Waals surface area contributed by atoms with Gasteiger partial charge in [-0.05, 0) is 30.2 Å². The normalized spacial score (nSPS) is 11.3. The Morgan fingerprint density at radius 2 is 1.76 bits per heavy atom. The van der Waals surface area contributed by atoms with Crippen molar-refractivity contribution in [2.45, 2.75) is 11.3 Å². The van der Waals surface area contributed by atoms with E-state index in [9.17, 15) is 13.2 Å². The summed E-state index contributed by atoms with van der Waals surface area (Å²) >= 11 is 5.74. The van der Waals surface area contributed by atoms with Crippen molar-refractivity contribution in [3.63, 3.8) is 0 Å². The van der Waals surface area contributed by atoms with Crippen LogP contribution in [0.15, 0.2) is 53.4 Å². The Morgan fingerprint density at radius 1 is 1.10 bits per heavy atom. The third kappa shape index (κ3) is 3.83. The van der Waals surface area contributed by atoms with Crippen molar-refractivity contribution in [3.05, 3.63) is 64.7 Å². The molecular formula is C15H13ClO4S. The van der Waals surface area contributed by atoms with E-state index in [-0.39, 0.29) is 21.2 Å². The predicted molar refractivity (Wildman–Crippen MR) is 80.6 cm³/mol. The Balaban J connectivity index is 2.24. The van der Waals surface area contributed by atoms with E-state index < -0.39 is 15.8 Å². The van der Waals surface area contributed by atoms with E-state index in [1.807, 2.05) is 30.3 Å². The maximum absolute atomic E-state index is 12.3. The first-order chi connectivity index (χ1) is 9.90. The van der Waals surface area contributed by atoms with Gasteiger partial charge in [-0.1, -0.05) is 41.9 Å². The second kappa shape index (κ2) is 6.28. The van der Waals surface area contributed by atoms with Crippen LogP contribution in [0.25, 0.3) is 0 Å². The van der Waals surface area contributed by atoms with Crippen molar-refractivity contribution in [1.82, 2.24) is 0 Å². The first-order valence-electron chi connectivity index (χ1n) is 6.20. The molecule has 1 N–H and O–H groups in total. The van der Waals surface area contributed by atoms with Crippen LogP contribution in [-0.2, 0) is 16.3 Å². The number of rotatable bonds is 5. The smallest absolute Gasteiger partial charge is 0.337 e. The zero-order valence-electron chi connectivity index (χ0n) is 11.0. The van der Waals surface area contributed by atoms with Gasteiger partial charge in [0.1, 0.15) is 0 Å². The summed E-state index contributed by atoms with van der Waals surface area (Å²) in [5.41, 5.74) is 0.700. The number of halogens is 1. The molecular weight excluding hydrogens is 312 g/mol. The maximum Gasteiger partial charge on any atom is 0.337 e. The van der Waals surface area contributed by atoms with Gasteiger partial charge < -0.3 is 5.11 Å². The van der Waals surface area contributed by atoms with Crippen LogP contribution >= 0.6 is 11.6 Å². The summed E-state index contributed by atoms with van der Waals surface area (Å²) < 4.78 is 24.5. The molecule has 0 heterocycles. The monoisotopic (exact) mass is 324 g/mol. The lowest BCUT2D eigenvalue weighted by atomic mass is 10.2. The average Bonchev–Trinajstić information content (AvgIpc) is 2.46. The predicted octanol–water partition coefficient (Wildman–Crippen LogP) is 3.05. The first kappa shape index (κ1) is 15.5. The largest absolute Gasteiger partial charge is 0.478 e. The molecule has 2 aromatic rings. The second-order valence-corrected chi connectivity index (χ2v) is 7.02. The van der Waals surface area contributed by atoms with Crippen molar-refractivity contribution in [2.24, 2.45) is 0 Å². The van der Waals surface area contributed by atoms with Crippen molar-refractivity contribution < 1.29 is 18.3 Å². The summed E-state index contributed by atoms with van der Waals surface area (Å²) in [6.07, 6.45) is 0.369. The molecule has 0 saturated carbocycles. The van der Waals surface area contributed by atoms with Gasteiger partial charge in [0.15, 0.2) is 9.84 Å². The van der Waals surface area contributed by atoms with E-state index in [0.29, 0.717) is 6.42 Å². The Hall–Kier alpha value is -1.85. The molecule has 0 atom stereocenters. The van der Waals surface area contributed by atoms with Crippen molar-refractivity contribution in [2.75, 3.05) is 5.75 Å². The number of hydrogen-bond acceptors (Lipinski definition) is 3. The number of benzene rings is 2. The molecule has 0 amide bonds. The molecule has 2 aromatic carbocycles. The molecule has 0 aromatic heterocycles. The fourth-order valence-electron chi connectivity index (χ4n) is 1.88. The number of carbonyl (C=O) groups is 1. The maximum atomic E-state index is 12.3. The SMILES string of the molecule is O=C(O)c1cc(S(=O)(=O)CCc2ccccc2)ccc1Cl. The summed E-state index contributed by atoms with van der Waals surface area (Å²) in [5, 5.41) is 9.00. The molecule has 0 aliphatic heterocycles. The highest BCUT2D eigenvalue weighted by Crippen LogP contribution is 2.21. The first-order valence-corrected chi connectivity index (χ1v) is 8.23. The third-order valence-electron chi connectivity index (χ3n) is 3.03. The van der Waals surface area contributed by atoms with Gasteiger partial charge in [0.05, 0.1) is 21.2 Å². The van der Waals surface area contributed by atoms with Crippen molar-refractivity contribution in [3.8, 4) is 0 Å². The molecule has 0 spiro atoms. The van der Waals surface area contributed by atoms with E-state index in [4.69, 9.17) is 16.7 Å². The Kier molecular flexibility index (Phi) is 4.65. The van der Waals surface area contributed by atoms with Gasteiger partial charge in [0.25, 0.3) is 0 Å². The second-order valence-electron chi connectivity index (χ2n) is 4.50.